The fourth-order valence-electron chi connectivity index (χ4n) is 3.03. The van der Waals surface area contributed by atoms with E-state index in [1.807, 2.05) is 0 Å². The van der Waals surface area contributed by atoms with Crippen LogP contribution in [0.15, 0.2) is 65.8 Å². The summed E-state index contributed by atoms with van der Waals surface area (Å²) in [5, 5.41) is 6.24. The Kier molecular flexibility index (Phi) is 9.03. The Morgan fingerprint density at radius 1 is 0.703 bits per heavy atom. The second kappa shape index (κ2) is 12.6. The maximum atomic E-state index is 12.4. The first-order chi connectivity index (χ1) is 17.9. The monoisotopic (exact) mass is 507 g/mol. The number of ether oxygens (including phenoxy) is 5. The molecule has 3 aromatic rings. The Balaban J connectivity index is 1.61. The van der Waals surface area contributed by atoms with Gasteiger partial charge in [-0.25, -0.2) is 10.2 Å². The van der Waals surface area contributed by atoms with Crippen LogP contribution in [0.5, 0.6) is 28.7 Å². The lowest BCUT2D eigenvalue weighted by atomic mass is 10.2. The Hall–Kier alpha value is -5.06. The van der Waals surface area contributed by atoms with Gasteiger partial charge in [-0.2, -0.15) is 5.10 Å². The van der Waals surface area contributed by atoms with Crippen LogP contribution in [-0.2, 0) is 9.59 Å². The summed E-state index contributed by atoms with van der Waals surface area (Å²) in [6.45, 7) is 0. The summed E-state index contributed by atoms with van der Waals surface area (Å²) >= 11 is 0. The van der Waals surface area contributed by atoms with E-state index in [9.17, 15) is 14.4 Å². The molecule has 0 atom stereocenters. The molecule has 0 radical (unpaired) electrons. The van der Waals surface area contributed by atoms with Crippen LogP contribution in [-0.4, -0.2) is 52.4 Å². The quantitative estimate of drug-likeness (QED) is 0.148. The van der Waals surface area contributed by atoms with Crippen molar-refractivity contribution < 1.29 is 38.1 Å². The van der Waals surface area contributed by atoms with E-state index in [1.54, 1.807) is 54.6 Å². The van der Waals surface area contributed by atoms with Crippen LogP contribution in [0.2, 0.25) is 0 Å². The molecule has 0 unspecified atom stereocenters. The number of carbonyl (C=O) groups is 3. The standard InChI is InChI=1S/C26H25N3O8/c1-33-18-8-6-17(7-9-18)26(32)37-21-12-5-16(13-23(21)36-4)15-27-29-25(31)24(30)28-20-11-10-19(34-2)14-22(20)35-3/h5-15H,1-4H3,(H,28,30)(H,29,31)/b27-15+. The first kappa shape index (κ1) is 26.5. The number of anilines is 1. The van der Waals surface area contributed by atoms with Gasteiger partial charge in [-0.15, -0.1) is 0 Å². The molecule has 0 fully saturated rings. The van der Waals surface area contributed by atoms with Crippen molar-refractivity contribution in [2.24, 2.45) is 5.10 Å². The molecule has 0 bridgehead atoms. The van der Waals surface area contributed by atoms with E-state index in [0.717, 1.165) is 0 Å². The third kappa shape index (κ3) is 6.98. The van der Waals surface area contributed by atoms with Crippen molar-refractivity contribution in [2.75, 3.05) is 33.8 Å². The molecule has 0 heterocycles. The van der Waals surface area contributed by atoms with Crippen LogP contribution in [0.4, 0.5) is 5.69 Å². The van der Waals surface area contributed by atoms with Gasteiger partial charge in [0, 0.05) is 6.07 Å². The maximum Gasteiger partial charge on any atom is 0.343 e. The molecule has 11 heteroatoms. The molecule has 0 saturated carbocycles. The first-order valence-electron chi connectivity index (χ1n) is 10.8. The van der Waals surface area contributed by atoms with Crippen LogP contribution in [0, 0.1) is 0 Å². The van der Waals surface area contributed by atoms with Gasteiger partial charge >= 0.3 is 17.8 Å². The van der Waals surface area contributed by atoms with E-state index in [4.69, 9.17) is 23.7 Å². The molecule has 2 amide bonds. The average molecular weight is 507 g/mol. The molecular formula is C26H25N3O8. The van der Waals surface area contributed by atoms with Gasteiger partial charge in [0.25, 0.3) is 0 Å². The molecule has 192 valence electrons. The fourth-order valence-corrected chi connectivity index (χ4v) is 3.03. The minimum absolute atomic E-state index is 0.192. The minimum atomic E-state index is -0.994. The van der Waals surface area contributed by atoms with Crippen LogP contribution in [0.1, 0.15) is 15.9 Å². The van der Waals surface area contributed by atoms with E-state index >= 15 is 0 Å². The Morgan fingerprint density at radius 2 is 1.38 bits per heavy atom. The van der Waals surface area contributed by atoms with Crippen molar-refractivity contribution >= 4 is 29.7 Å². The molecule has 0 aliphatic rings. The summed E-state index contributed by atoms with van der Waals surface area (Å²) in [6, 6.07) is 15.8. The summed E-state index contributed by atoms with van der Waals surface area (Å²) < 4.78 is 26.1. The lowest BCUT2D eigenvalue weighted by molar-refractivity contribution is -0.136. The van der Waals surface area contributed by atoms with E-state index in [2.05, 4.69) is 15.8 Å². The summed E-state index contributed by atoms with van der Waals surface area (Å²) in [7, 11) is 5.87. The van der Waals surface area contributed by atoms with Crippen molar-refractivity contribution in [1.82, 2.24) is 5.43 Å². The molecule has 3 rings (SSSR count). The van der Waals surface area contributed by atoms with Gasteiger partial charge in [0.15, 0.2) is 11.5 Å². The van der Waals surface area contributed by atoms with Crippen LogP contribution in [0.25, 0.3) is 0 Å². The fraction of sp³-hybridized carbons (Fsp3) is 0.154. The maximum absolute atomic E-state index is 12.4. The van der Waals surface area contributed by atoms with Crippen molar-refractivity contribution in [3.8, 4) is 28.7 Å². The number of benzene rings is 3. The third-order valence-corrected chi connectivity index (χ3v) is 4.96. The zero-order valence-electron chi connectivity index (χ0n) is 20.6. The largest absolute Gasteiger partial charge is 0.497 e. The molecule has 0 saturated heterocycles. The van der Waals surface area contributed by atoms with Crippen molar-refractivity contribution in [3.05, 3.63) is 71.8 Å². The Morgan fingerprint density at radius 3 is 2.03 bits per heavy atom. The number of methoxy groups -OCH3 is 4. The Bertz CT molecular complexity index is 1310. The van der Waals surface area contributed by atoms with Gasteiger partial charge in [0.05, 0.1) is 45.9 Å². The van der Waals surface area contributed by atoms with E-state index in [-0.39, 0.29) is 17.2 Å². The molecular weight excluding hydrogens is 482 g/mol. The van der Waals surface area contributed by atoms with Crippen molar-refractivity contribution in [3.63, 3.8) is 0 Å². The normalized spacial score (nSPS) is 10.4. The molecule has 0 aliphatic carbocycles. The van der Waals surface area contributed by atoms with Crippen LogP contribution < -0.4 is 34.4 Å². The summed E-state index contributed by atoms with van der Waals surface area (Å²) in [5.41, 5.74) is 3.28. The van der Waals surface area contributed by atoms with Gasteiger partial charge in [-0.05, 0) is 60.2 Å². The first-order valence-corrected chi connectivity index (χ1v) is 10.8. The lowest BCUT2D eigenvalue weighted by Crippen LogP contribution is -2.32. The molecule has 37 heavy (non-hydrogen) atoms. The average Bonchev–Trinajstić information content (AvgIpc) is 2.93. The number of hydrogen-bond acceptors (Lipinski definition) is 9. The van der Waals surface area contributed by atoms with Crippen LogP contribution in [0.3, 0.4) is 0 Å². The highest BCUT2D eigenvalue weighted by atomic mass is 16.6. The van der Waals surface area contributed by atoms with Crippen molar-refractivity contribution in [2.45, 2.75) is 0 Å². The van der Waals surface area contributed by atoms with Gasteiger partial charge in [-0.3, -0.25) is 9.59 Å². The second-order valence-electron chi connectivity index (χ2n) is 7.25. The van der Waals surface area contributed by atoms with Gasteiger partial charge in [0.2, 0.25) is 0 Å². The lowest BCUT2D eigenvalue weighted by Gasteiger charge is -2.11. The zero-order chi connectivity index (χ0) is 26.8. The minimum Gasteiger partial charge on any atom is -0.497 e. The summed E-state index contributed by atoms with van der Waals surface area (Å²) in [5.74, 6) is -0.592. The number of esters is 1. The highest BCUT2D eigenvalue weighted by Crippen LogP contribution is 2.29. The van der Waals surface area contributed by atoms with Gasteiger partial charge in [0.1, 0.15) is 17.2 Å². The van der Waals surface area contributed by atoms with E-state index < -0.39 is 17.8 Å². The van der Waals surface area contributed by atoms with Gasteiger partial charge < -0.3 is 29.0 Å². The number of amides is 2. The van der Waals surface area contributed by atoms with E-state index in [1.165, 1.54) is 40.7 Å². The highest BCUT2D eigenvalue weighted by Gasteiger charge is 2.16. The number of nitrogens with one attached hydrogen (secondary N) is 2. The third-order valence-electron chi connectivity index (χ3n) is 4.96. The second-order valence-corrected chi connectivity index (χ2v) is 7.25. The Labute approximate surface area is 212 Å². The van der Waals surface area contributed by atoms with E-state index in [0.29, 0.717) is 28.4 Å². The SMILES string of the molecule is COc1ccc(C(=O)Oc2ccc(/C=N/NC(=O)C(=O)Nc3ccc(OC)cc3OC)cc2OC)cc1. The molecule has 11 nitrogen and oxygen atoms in total. The summed E-state index contributed by atoms with van der Waals surface area (Å²) in [6.07, 6.45) is 1.30. The smallest absolute Gasteiger partial charge is 0.343 e. The molecule has 3 aromatic carbocycles. The molecule has 0 aromatic heterocycles. The van der Waals surface area contributed by atoms with Crippen molar-refractivity contribution in [1.29, 1.82) is 0 Å². The number of hydrazone groups is 1. The van der Waals surface area contributed by atoms with Gasteiger partial charge in [-0.1, -0.05) is 0 Å². The predicted molar refractivity (Wildman–Crippen MR) is 135 cm³/mol. The molecule has 0 aliphatic heterocycles. The number of hydrogen-bond donors (Lipinski definition) is 2. The molecule has 2 N–H and O–H groups in total. The highest BCUT2D eigenvalue weighted by molar-refractivity contribution is 6.39. The predicted octanol–water partition coefficient (Wildman–Crippen LogP) is 3.03. The van der Waals surface area contributed by atoms with Crippen LogP contribution >= 0.6 is 0 Å². The summed E-state index contributed by atoms with van der Waals surface area (Å²) in [4.78, 5) is 36.8. The molecule has 0 spiro atoms. The topological polar surface area (TPSA) is 134 Å². The number of nitrogens with zero attached hydrogens (tertiary/aromatic N) is 1. The zero-order valence-corrected chi connectivity index (χ0v) is 20.6. The number of carbonyl (C=O) groups excluding carboxylic acids is 3. The number of rotatable bonds is 9.